The Morgan fingerprint density at radius 1 is 1.04 bits per heavy atom. The molecule has 1 aliphatic carbocycles. The van der Waals surface area contributed by atoms with E-state index in [4.69, 9.17) is 8.85 Å². The number of hydrogen-bond donors (Lipinski definition) is 1. The van der Waals surface area contributed by atoms with Crippen molar-refractivity contribution in [2.75, 3.05) is 19.2 Å². The fourth-order valence-electron chi connectivity index (χ4n) is 3.74. The molecule has 1 N–H and O–H groups in total. The minimum atomic E-state index is -2.75. The van der Waals surface area contributed by atoms with Crippen molar-refractivity contribution in [1.82, 2.24) is 0 Å². The summed E-state index contributed by atoms with van der Waals surface area (Å²) in [7, 11) is 0.766. The zero-order valence-corrected chi connectivity index (χ0v) is 17.8. The molecule has 0 bridgehead atoms. The third kappa shape index (κ3) is 3.62. The first kappa shape index (κ1) is 20.0. The average Bonchev–Trinajstić information content (AvgIpc) is 2.83. The van der Waals surface area contributed by atoms with E-state index < -0.39 is 8.72 Å². The molecule has 3 nitrogen and oxygen atoms in total. The van der Waals surface area contributed by atoms with Crippen molar-refractivity contribution in [2.45, 2.75) is 58.9 Å². The lowest BCUT2D eigenvalue weighted by molar-refractivity contribution is 0.232. The van der Waals surface area contributed by atoms with Gasteiger partial charge in [-0.2, -0.15) is 0 Å². The van der Waals surface area contributed by atoms with Gasteiger partial charge in [0.05, 0.1) is 5.04 Å². The fraction of sp³-hybridized carbons (Fsp3) is 0.524. The summed E-state index contributed by atoms with van der Waals surface area (Å²) < 4.78 is 12.1. The van der Waals surface area contributed by atoms with Crippen LogP contribution in [-0.4, -0.2) is 22.9 Å². The Morgan fingerprint density at radius 3 is 2.08 bits per heavy atom. The third-order valence-electron chi connectivity index (χ3n) is 5.78. The Balaban J connectivity index is 2.32. The van der Waals surface area contributed by atoms with Gasteiger partial charge in [0.25, 0.3) is 0 Å². The van der Waals surface area contributed by atoms with Gasteiger partial charge >= 0.3 is 8.72 Å². The van der Waals surface area contributed by atoms with Gasteiger partial charge in [-0.25, -0.2) is 0 Å². The van der Waals surface area contributed by atoms with Crippen molar-refractivity contribution in [1.29, 1.82) is 0 Å². The summed E-state index contributed by atoms with van der Waals surface area (Å²) in [5.74, 6) is 0. The molecule has 0 aliphatic heterocycles. The predicted molar refractivity (Wildman–Crippen MR) is 109 cm³/mol. The van der Waals surface area contributed by atoms with E-state index in [0.717, 1.165) is 12.1 Å². The van der Waals surface area contributed by atoms with Crippen LogP contribution in [0.15, 0.2) is 47.1 Å². The molecule has 1 atom stereocenters. The topological polar surface area (TPSA) is 30.5 Å². The maximum Gasteiger partial charge on any atom is 0.470 e. The van der Waals surface area contributed by atoms with Gasteiger partial charge in [0.1, 0.15) is 0 Å². The Kier molecular flexibility index (Phi) is 6.30. The number of rotatable bonds is 8. The number of unbranched alkanes of at least 4 members (excludes halogenated alkanes) is 1. The molecule has 4 heteroatoms. The smallest absolute Gasteiger partial charge is 0.381 e. The molecule has 1 unspecified atom stereocenters. The van der Waals surface area contributed by atoms with Crippen molar-refractivity contribution in [3.8, 4) is 0 Å². The van der Waals surface area contributed by atoms with Gasteiger partial charge in [-0.1, -0.05) is 42.7 Å². The molecule has 0 spiro atoms. The van der Waals surface area contributed by atoms with Crippen molar-refractivity contribution < 1.29 is 8.85 Å². The van der Waals surface area contributed by atoms with Crippen LogP contribution in [0.2, 0.25) is 5.04 Å². The van der Waals surface area contributed by atoms with Gasteiger partial charge in [0.15, 0.2) is 0 Å². The quantitative estimate of drug-likeness (QED) is 0.601. The highest BCUT2D eigenvalue weighted by Gasteiger charge is 2.57. The molecule has 0 heterocycles. The molecule has 2 rings (SSSR count). The zero-order valence-electron chi connectivity index (χ0n) is 16.8. The molecule has 1 aromatic carbocycles. The van der Waals surface area contributed by atoms with Crippen molar-refractivity contribution in [3.05, 3.63) is 52.6 Å². The lowest BCUT2D eigenvalue weighted by atomic mass is 10.0. The van der Waals surface area contributed by atoms with Crippen LogP contribution in [0, 0.1) is 0 Å². The first-order valence-electron chi connectivity index (χ1n) is 9.18. The number of aryl methyl sites for hydroxylation is 1. The first-order chi connectivity index (χ1) is 11.8. The highest BCUT2D eigenvalue weighted by atomic mass is 28.4. The van der Waals surface area contributed by atoms with Gasteiger partial charge in [-0.05, 0) is 63.8 Å². The highest BCUT2D eigenvalue weighted by Crippen LogP contribution is 2.53. The van der Waals surface area contributed by atoms with Crippen LogP contribution in [0.3, 0.4) is 0 Å². The predicted octanol–water partition coefficient (Wildman–Crippen LogP) is 5.73. The lowest BCUT2D eigenvalue weighted by Gasteiger charge is -2.41. The molecule has 0 saturated carbocycles. The zero-order chi connectivity index (χ0) is 18.7. The molecule has 0 radical (unpaired) electrons. The van der Waals surface area contributed by atoms with E-state index in [1.807, 2.05) is 0 Å². The van der Waals surface area contributed by atoms with E-state index in [-0.39, 0.29) is 5.04 Å². The molecular formula is C21H33NO2Si. The molecule has 25 heavy (non-hydrogen) atoms. The van der Waals surface area contributed by atoms with E-state index in [2.05, 4.69) is 69.9 Å². The number of allylic oxidation sites excluding steroid dienone is 4. The molecule has 0 amide bonds. The largest absolute Gasteiger partial charge is 0.470 e. The highest BCUT2D eigenvalue weighted by molar-refractivity contribution is 6.75. The van der Waals surface area contributed by atoms with Crippen LogP contribution >= 0.6 is 0 Å². The molecule has 1 aliphatic rings. The normalized spacial score (nSPS) is 20.8. The molecule has 0 saturated heterocycles. The first-order valence-corrected chi connectivity index (χ1v) is 11.0. The Morgan fingerprint density at radius 2 is 1.64 bits per heavy atom. The van der Waals surface area contributed by atoms with Crippen molar-refractivity contribution in [2.24, 2.45) is 0 Å². The van der Waals surface area contributed by atoms with Crippen LogP contribution < -0.4 is 4.98 Å². The van der Waals surface area contributed by atoms with Crippen LogP contribution in [0.4, 0.5) is 5.69 Å². The summed E-state index contributed by atoms with van der Waals surface area (Å²) in [6.07, 6.45) is 5.89. The number of anilines is 1. The van der Waals surface area contributed by atoms with Gasteiger partial charge in [-0.15, -0.1) is 0 Å². The average molecular weight is 360 g/mol. The Hall–Kier alpha value is -1.36. The van der Waals surface area contributed by atoms with E-state index in [1.54, 1.807) is 14.2 Å². The number of nitrogens with one attached hydrogen (secondary N) is 1. The monoisotopic (exact) mass is 359 g/mol. The minimum Gasteiger partial charge on any atom is -0.381 e. The summed E-state index contributed by atoms with van der Waals surface area (Å²) in [6, 6.07) is 8.69. The maximum atomic E-state index is 6.07. The van der Waals surface area contributed by atoms with E-state index in [9.17, 15) is 0 Å². The number of benzene rings is 1. The second-order valence-corrected chi connectivity index (χ2v) is 10.6. The standard InChI is InChI=1S/C21H33NO2Si/c1-8-9-10-19-11-13-20(14-12-19)22-25(23-6,24-7)21(5)15-16(2)17(3)18(21)4/h11-15,22H,8-10H2,1-7H3. The number of hydrogen-bond acceptors (Lipinski definition) is 3. The van der Waals surface area contributed by atoms with Gasteiger partial charge in [0, 0.05) is 19.9 Å². The maximum absolute atomic E-state index is 6.07. The Bertz CT molecular complexity index is 659. The summed E-state index contributed by atoms with van der Waals surface area (Å²) in [5.41, 5.74) is 6.41. The summed E-state index contributed by atoms with van der Waals surface area (Å²) in [6.45, 7) is 11.0. The fourth-order valence-corrected chi connectivity index (χ4v) is 6.85. The van der Waals surface area contributed by atoms with Crippen LogP contribution in [0.1, 0.15) is 53.0 Å². The van der Waals surface area contributed by atoms with E-state index in [1.165, 1.54) is 35.1 Å². The molecule has 1 aromatic rings. The second kappa shape index (κ2) is 7.90. The molecular weight excluding hydrogens is 326 g/mol. The van der Waals surface area contributed by atoms with Crippen molar-refractivity contribution >= 4 is 14.4 Å². The third-order valence-corrected chi connectivity index (χ3v) is 9.43. The minimum absolute atomic E-state index is 0.244. The second-order valence-electron chi connectivity index (χ2n) is 7.23. The summed E-state index contributed by atoms with van der Waals surface area (Å²) in [4.78, 5) is 3.64. The summed E-state index contributed by atoms with van der Waals surface area (Å²) in [5, 5.41) is -0.244. The van der Waals surface area contributed by atoms with E-state index in [0.29, 0.717) is 0 Å². The van der Waals surface area contributed by atoms with Gasteiger partial charge in [0.2, 0.25) is 0 Å². The lowest BCUT2D eigenvalue weighted by Crippen LogP contribution is -2.57. The molecule has 0 aromatic heterocycles. The van der Waals surface area contributed by atoms with Crippen molar-refractivity contribution in [3.63, 3.8) is 0 Å². The summed E-state index contributed by atoms with van der Waals surface area (Å²) >= 11 is 0. The van der Waals surface area contributed by atoms with Gasteiger partial charge < -0.3 is 13.8 Å². The molecule has 0 fully saturated rings. The van der Waals surface area contributed by atoms with Crippen LogP contribution in [0.5, 0.6) is 0 Å². The Labute approximate surface area is 154 Å². The molecule has 138 valence electrons. The van der Waals surface area contributed by atoms with E-state index >= 15 is 0 Å². The van der Waals surface area contributed by atoms with Crippen LogP contribution in [0.25, 0.3) is 0 Å². The van der Waals surface area contributed by atoms with Crippen LogP contribution in [-0.2, 0) is 15.3 Å². The van der Waals surface area contributed by atoms with Gasteiger partial charge in [-0.3, -0.25) is 0 Å². The SMILES string of the molecule is CCCCc1ccc(N[Si](OC)(OC)C2(C)C=C(C)C(C)=C2C)cc1.